The molecule has 25 heavy (non-hydrogen) atoms. The molecular formula is C18H16F3NO3. The first-order valence-corrected chi connectivity index (χ1v) is 7.42. The first-order valence-electron chi connectivity index (χ1n) is 7.42. The zero-order valence-corrected chi connectivity index (χ0v) is 13.4. The fraction of sp³-hybridized carbons (Fsp3) is 0.222. The molecule has 2 aromatic carbocycles. The molecule has 0 spiro atoms. The number of carbonyl (C=O) groups excluding carboxylic acids is 2. The summed E-state index contributed by atoms with van der Waals surface area (Å²) in [7, 11) is 0. The van der Waals surface area contributed by atoms with Crippen molar-refractivity contribution in [3.63, 3.8) is 0 Å². The summed E-state index contributed by atoms with van der Waals surface area (Å²) in [5, 5.41) is 2.55. The maximum Gasteiger partial charge on any atom is 0.416 e. The number of aryl methyl sites for hydroxylation is 1. The van der Waals surface area contributed by atoms with E-state index < -0.39 is 30.2 Å². The van der Waals surface area contributed by atoms with Crippen LogP contribution < -0.4 is 5.32 Å². The second-order valence-electron chi connectivity index (χ2n) is 5.45. The van der Waals surface area contributed by atoms with Crippen molar-refractivity contribution in [2.24, 2.45) is 0 Å². The molecule has 0 aliphatic carbocycles. The fourth-order valence-electron chi connectivity index (χ4n) is 2.06. The predicted octanol–water partition coefficient (Wildman–Crippen LogP) is 3.74. The van der Waals surface area contributed by atoms with Gasteiger partial charge in [0, 0.05) is 5.69 Å². The third-order valence-electron chi connectivity index (χ3n) is 3.30. The van der Waals surface area contributed by atoms with Crippen molar-refractivity contribution >= 4 is 17.6 Å². The molecule has 2 aromatic rings. The van der Waals surface area contributed by atoms with E-state index in [2.05, 4.69) is 5.32 Å². The van der Waals surface area contributed by atoms with Crippen LogP contribution >= 0.6 is 0 Å². The standard InChI is InChI=1S/C18H16F3NO3/c1-12-5-7-15(8-6-12)22-16(23)11-25-17(24)10-13-3-2-4-14(9-13)18(19,20)21/h2-9H,10-11H2,1H3,(H,22,23). The van der Waals surface area contributed by atoms with Crippen molar-refractivity contribution in [2.75, 3.05) is 11.9 Å². The highest BCUT2D eigenvalue weighted by molar-refractivity contribution is 5.92. The van der Waals surface area contributed by atoms with E-state index >= 15 is 0 Å². The Hall–Kier alpha value is -2.83. The minimum absolute atomic E-state index is 0.166. The van der Waals surface area contributed by atoms with Crippen molar-refractivity contribution in [3.05, 3.63) is 65.2 Å². The lowest BCUT2D eigenvalue weighted by Crippen LogP contribution is -2.21. The Morgan fingerprint density at radius 2 is 1.76 bits per heavy atom. The number of esters is 1. The smallest absolute Gasteiger partial charge is 0.416 e. The summed E-state index contributed by atoms with van der Waals surface area (Å²) in [6.45, 7) is 1.40. The van der Waals surface area contributed by atoms with Crippen molar-refractivity contribution < 1.29 is 27.5 Å². The van der Waals surface area contributed by atoms with Crippen LogP contribution in [0.3, 0.4) is 0 Å². The number of anilines is 1. The summed E-state index contributed by atoms with van der Waals surface area (Å²) in [6, 6.07) is 11.5. The highest BCUT2D eigenvalue weighted by atomic mass is 19.4. The molecule has 132 valence electrons. The van der Waals surface area contributed by atoms with Crippen LogP contribution in [0.4, 0.5) is 18.9 Å². The molecule has 0 unspecified atom stereocenters. The average molecular weight is 351 g/mol. The Kier molecular flexibility index (Phi) is 5.80. The first-order chi connectivity index (χ1) is 11.7. The molecule has 0 bridgehead atoms. The number of hydrogen-bond donors (Lipinski definition) is 1. The third kappa shape index (κ3) is 5.95. The Balaban J connectivity index is 1.84. The molecule has 2 rings (SSSR count). The van der Waals surface area contributed by atoms with E-state index in [9.17, 15) is 22.8 Å². The number of amides is 1. The van der Waals surface area contributed by atoms with Gasteiger partial charge in [0.2, 0.25) is 0 Å². The van der Waals surface area contributed by atoms with Crippen LogP contribution in [0.5, 0.6) is 0 Å². The predicted molar refractivity (Wildman–Crippen MR) is 85.9 cm³/mol. The minimum Gasteiger partial charge on any atom is -0.455 e. The number of alkyl halides is 3. The third-order valence-corrected chi connectivity index (χ3v) is 3.30. The minimum atomic E-state index is -4.48. The van der Waals surface area contributed by atoms with E-state index in [1.807, 2.05) is 19.1 Å². The van der Waals surface area contributed by atoms with Crippen LogP contribution in [0.2, 0.25) is 0 Å². The topological polar surface area (TPSA) is 55.4 Å². The van der Waals surface area contributed by atoms with Crippen molar-refractivity contribution in [1.29, 1.82) is 0 Å². The van der Waals surface area contributed by atoms with Gasteiger partial charge in [-0.25, -0.2) is 0 Å². The number of hydrogen-bond acceptors (Lipinski definition) is 3. The molecule has 0 saturated heterocycles. The molecule has 0 heterocycles. The molecule has 0 aliphatic heterocycles. The largest absolute Gasteiger partial charge is 0.455 e. The Morgan fingerprint density at radius 3 is 2.40 bits per heavy atom. The molecule has 0 fully saturated rings. The number of rotatable bonds is 5. The number of nitrogens with one attached hydrogen (secondary N) is 1. The molecule has 0 radical (unpaired) electrons. The van der Waals surface area contributed by atoms with Crippen LogP contribution in [0.15, 0.2) is 48.5 Å². The summed E-state index contributed by atoms with van der Waals surface area (Å²) >= 11 is 0. The van der Waals surface area contributed by atoms with Gasteiger partial charge in [-0.15, -0.1) is 0 Å². The highest BCUT2D eigenvalue weighted by Gasteiger charge is 2.30. The number of halogens is 3. The molecule has 0 aromatic heterocycles. The van der Waals surface area contributed by atoms with E-state index in [-0.39, 0.29) is 12.0 Å². The lowest BCUT2D eigenvalue weighted by atomic mass is 10.1. The van der Waals surface area contributed by atoms with Crippen LogP contribution in [0.25, 0.3) is 0 Å². The normalized spacial score (nSPS) is 11.0. The van der Waals surface area contributed by atoms with Gasteiger partial charge in [0.05, 0.1) is 12.0 Å². The molecule has 1 N–H and O–H groups in total. The second-order valence-corrected chi connectivity index (χ2v) is 5.45. The molecular weight excluding hydrogens is 335 g/mol. The van der Waals surface area contributed by atoms with Gasteiger partial charge in [0.25, 0.3) is 5.91 Å². The quantitative estimate of drug-likeness (QED) is 0.835. The maximum absolute atomic E-state index is 12.6. The van der Waals surface area contributed by atoms with Gasteiger partial charge in [-0.3, -0.25) is 9.59 Å². The Bertz CT molecular complexity index is 755. The van der Waals surface area contributed by atoms with Crippen LogP contribution in [0, 0.1) is 6.92 Å². The summed E-state index contributed by atoms with van der Waals surface area (Å²) in [4.78, 5) is 23.4. The Labute approximate surface area is 142 Å². The van der Waals surface area contributed by atoms with E-state index in [0.717, 1.165) is 17.7 Å². The van der Waals surface area contributed by atoms with Gasteiger partial charge in [-0.1, -0.05) is 35.9 Å². The summed E-state index contributed by atoms with van der Waals surface area (Å²) in [5.74, 6) is -1.31. The Morgan fingerprint density at radius 1 is 1.08 bits per heavy atom. The van der Waals surface area contributed by atoms with Crippen molar-refractivity contribution in [3.8, 4) is 0 Å². The lowest BCUT2D eigenvalue weighted by molar-refractivity contribution is -0.146. The zero-order chi connectivity index (χ0) is 18.4. The van der Waals surface area contributed by atoms with E-state index in [0.29, 0.717) is 5.69 Å². The zero-order valence-electron chi connectivity index (χ0n) is 13.4. The summed E-state index contributed by atoms with van der Waals surface area (Å²) in [6.07, 6.45) is -4.82. The van der Waals surface area contributed by atoms with Crippen LogP contribution in [0.1, 0.15) is 16.7 Å². The fourth-order valence-corrected chi connectivity index (χ4v) is 2.06. The van der Waals surface area contributed by atoms with Gasteiger partial charge < -0.3 is 10.1 Å². The van der Waals surface area contributed by atoms with Crippen molar-refractivity contribution in [1.82, 2.24) is 0 Å². The molecule has 0 aliphatic rings. The van der Waals surface area contributed by atoms with Gasteiger partial charge in [-0.05, 0) is 30.7 Å². The lowest BCUT2D eigenvalue weighted by Gasteiger charge is -2.09. The van der Waals surface area contributed by atoms with Gasteiger partial charge in [-0.2, -0.15) is 13.2 Å². The van der Waals surface area contributed by atoms with Gasteiger partial charge in [0.15, 0.2) is 6.61 Å². The maximum atomic E-state index is 12.6. The molecule has 4 nitrogen and oxygen atoms in total. The first kappa shape index (κ1) is 18.5. The van der Waals surface area contributed by atoms with Gasteiger partial charge >= 0.3 is 12.1 Å². The van der Waals surface area contributed by atoms with Crippen LogP contribution in [-0.4, -0.2) is 18.5 Å². The second kappa shape index (κ2) is 7.83. The van der Waals surface area contributed by atoms with Crippen molar-refractivity contribution in [2.45, 2.75) is 19.5 Å². The molecule has 1 amide bonds. The highest BCUT2D eigenvalue weighted by Crippen LogP contribution is 2.29. The summed E-state index contributed by atoms with van der Waals surface area (Å²) in [5.41, 5.74) is 0.920. The number of ether oxygens (including phenoxy) is 1. The van der Waals surface area contributed by atoms with Gasteiger partial charge in [0.1, 0.15) is 0 Å². The van der Waals surface area contributed by atoms with E-state index in [4.69, 9.17) is 4.74 Å². The average Bonchev–Trinajstić information content (AvgIpc) is 2.55. The van der Waals surface area contributed by atoms with Crippen LogP contribution in [-0.2, 0) is 26.9 Å². The van der Waals surface area contributed by atoms with E-state index in [1.165, 1.54) is 12.1 Å². The summed E-state index contributed by atoms with van der Waals surface area (Å²) < 4.78 is 42.7. The van der Waals surface area contributed by atoms with E-state index in [1.54, 1.807) is 12.1 Å². The molecule has 7 heteroatoms. The monoisotopic (exact) mass is 351 g/mol. The molecule has 0 saturated carbocycles. The SMILES string of the molecule is Cc1ccc(NC(=O)COC(=O)Cc2cccc(C(F)(F)F)c2)cc1. The number of carbonyl (C=O) groups is 2. The molecule has 0 atom stereocenters. The number of benzene rings is 2.